The van der Waals surface area contributed by atoms with Crippen LogP contribution in [0, 0.1) is 0 Å². The molecule has 0 saturated carbocycles. The maximum atomic E-state index is 13.7. The number of nitrogen functional groups attached to an aromatic ring is 1. The summed E-state index contributed by atoms with van der Waals surface area (Å²) in [5, 5.41) is 21.5. The van der Waals surface area contributed by atoms with Gasteiger partial charge in [0.25, 0.3) is 5.92 Å². The minimum atomic E-state index is -2.82. The predicted molar refractivity (Wildman–Crippen MR) is 91.8 cm³/mol. The Bertz CT molecular complexity index is 834. The standard InChI is InChI=1S/C16H22F2N6O3/c17-16(18)3-8(4-19)23(6-16)5-10-11(25)12(26)15(27-10)24-2-1-9-13(20)21-7-22-14(9)24/h1-2,7-8,10-12,15,25-26H,3-6,19H2,(H2,20,21,22)/t8-,10+,11+,12+,15+/m0/s1. The highest BCUT2D eigenvalue weighted by Crippen LogP contribution is 2.36. The van der Waals surface area contributed by atoms with Gasteiger partial charge < -0.3 is 31.0 Å². The summed E-state index contributed by atoms with van der Waals surface area (Å²) >= 11 is 0. The van der Waals surface area contributed by atoms with Crippen molar-refractivity contribution in [2.45, 2.75) is 42.9 Å². The lowest BCUT2D eigenvalue weighted by atomic mass is 10.1. The topological polar surface area (TPSA) is 136 Å². The third kappa shape index (κ3) is 3.15. The van der Waals surface area contributed by atoms with E-state index in [-0.39, 0.29) is 25.3 Å². The van der Waals surface area contributed by atoms with E-state index in [1.54, 1.807) is 16.8 Å². The number of nitrogens with zero attached hydrogens (tertiary/aromatic N) is 4. The van der Waals surface area contributed by atoms with E-state index in [0.717, 1.165) is 0 Å². The molecule has 2 fully saturated rings. The van der Waals surface area contributed by atoms with Gasteiger partial charge in [0.2, 0.25) is 0 Å². The van der Waals surface area contributed by atoms with Crippen LogP contribution >= 0.6 is 0 Å². The van der Waals surface area contributed by atoms with Gasteiger partial charge in [0.1, 0.15) is 36.1 Å². The summed E-state index contributed by atoms with van der Waals surface area (Å²) in [6.07, 6.45) is -1.65. The van der Waals surface area contributed by atoms with Crippen LogP contribution in [0.2, 0.25) is 0 Å². The van der Waals surface area contributed by atoms with E-state index < -0.39 is 43.0 Å². The molecule has 0 aliphatic carbocycles. The van der Waals surface area contributed by atoms with E-state index in [9.17, 15) is 19.0 Å². The molecule has 2 aliphatic heterocycles. The Morgan fingerprint density at radius 3 is 2.81 bits per heavy atom. The van der Waals surface area contributed by atoms with Crippen LogP contribution in [0.4, 0.5) is 14.6 Å². The van der Waals surface area contributed by atoms with Gasteiger partial charge in [-0.2, -0.15) is 0 Å². The Labute approximate surface area is 153 Å². The molecule has 2 aliphatic rings. The fraction of sp³-hybridized carbons (Fsp3) is 0.625. The third-order valence-electron chi connectivity index (χ3n) is 5.32. The Morgan fingerprint density at radius 2 is 2.07 bits per heavy atom. The molecule has 0 bridgehead atoms. The number of aliphatic hydroxyl groups excluding tert-OH is 2. The average molecular weight is 384 g/mol. The number of aliphatic hydroxyl groups is 2. The van der Waals surface area contributed by atoms with E-state index in [2.05, 4.69) is 9.97 Å². The lowest BCUT2D eigenvalue weighted by Gasteiger charge is -2.26. The smallest absolute Gasteiger partial charge is 0.262 e. The number of hydrogen-bond donors (Lipinski definition) is 4. The van der Waals surface area contributed by atoms with Crippen LogP contribution in [0.25, 0.3) is 11.0 Å². The summed E-state index contributed by atoms with van der Waals surface area (Å²) in [5.41, 5.74) is 11.9. The number of anilines is 1. The van der Waals surface area contributed by atoms with Gasteiger partial charge in [0.05, 0.1) is 11.9 Å². The fourth-order valence-electron chi connectivity index (χ4n) is 3.95. The minimum Gasteiger partial charge on any atom is -0.387 e. The summed E-state index contributed by atoms with van der Waals surface area (Å²) in [5.74, 6) is -2.54. The Kier molecular flexibility index (Phi) is 4.51. The molecule has 0 unspecified atom stereocenters. The summed E-state index contributed by atoms with van der Waals surface area (Å²) in [6, 6.07) is 1.19. The number of alkyl halides is 2. The SMILES string of the molecule is NC[C@@H]1CC(F)(F)CN1C[C@H]1O[C@@H](n2ccc3c(N)ncnc32)[C@H](O)[C@@H]1O. The zero-order chi connectivity index (χ0) is 19.3. The van der Waals surface area contributed by atoms with Gasteiger partial charge in [-0.15, -0.1) is 0 Å². The lowest BCUT2D eigenvalue weighted by Crippen LogP contribution is -2.44. The number of rotatable bonds is 4. The monoisotopic (exact) mass is 384 g/mol. The van der Waals surface area contributed by atoms with Crippen molar-refractivity contribution in [1.29, 1.82) is 0 Å². The van der Waals surface area contributed by atoms with Crippen molar-refractivity contribution >= 4 is 16.9 Å². The van der Waals surface area contributed by atoms with Crippen LogP contribution in [-0.2, 0) is 4.74 Å². The molecule has 148 valence electrons. The molecule has 2 aromatic rings. The number of hydrogen-bond acceptors (Lipinski definition) is 8. The van der Waals surface area contributed by atoms with E-state index in [1.807, 2.05) is 0 Å². The highest BCUT2D eigenvalue weighted by molar-refractivity contribution is 5.86. The second kappa shape index (κ2) is 6.60. The maximum absolute atomic E-state index is 13.7. The maximum Gasteiger partial charge on any atom is 0.262 e. The van der Waals surface area contributed by atoms with Crippen molar-refractivity contribution in [3.05, 3.63) is 18.6 Å². The summed E-state index contributed by atoms with van der Waals surface area (Å²) in [4.78, 5) is 9.57. The molecule has 9 nitrogen and oxygen atoms in total. The van der Waals surface area contributed by atoms with Crippen LogP contribution in [0.3, 0.4) is 0 Å². The fourth-order valence-corrected chi connectivity index (χ4v) is 3.95. The Hall–Kier alpha value is -1.92. The molecule has 5 atom stereocenters. The Morgan fingerprint density at radius 1 is 1.30 bits per heavy atom. The molecular formula is C16H22F2N6O3. The molecule has 4 heterocycles. The molecule has 11 heteroatoms. The molecule has 0 amide bonds. The molecule has 0 radical (unpaired) electrons. The van der Waals surface area contributed by atoms with Gasteiger partial charge in [-0.1, -0.05) is 0 Å². The van der Waals surface area contributed by atoms with Gasteiger partial charge in [0.15, 0.2) is 6.23 Å². The van der Waals surface area contributed by atoms with Gasteiger partial charge in [0, 0.05) is 31.7 Å². The first-order valence-electron chi connectivity index (χ1n) is 8.71. The van der Waals surface area contributed by atoms with Crippen LogP contribution in [0.15, 0.2) is 18.6 Å². The van der Waals surface area contributed by atoms with Crippen molar-refractivity contribution < 1.29 is 23.7 Å². The van der Waals surface area contributed by atoms with Crippen molar-refractivity contribution in [2.75, 3.05) is 25.4 Å². The van der Waals surface area contributed by atoms with Gasteiger partial charge in [-0.3, -0.25) is 4.90 Å². The van der Waals surface area contributed by atoms with Crippen LogP contribution < -0.4 is 11.5 Å². The molecule has 0 spiro atoms. The summed E-state index contributed by atoms with van der Waals surface area (Å²) < 4.78 is 34.8. The zero-order valence-electron chi connectivity index (χ0n) is 14.4. The van der Waals surface area contributed by atoms with Crippen LogP contribution in [-0.4, -0.2) is 79.6 Å². The van der Waals surface area contributed by atoms with Gasteiger partial charge in [-0.05, 0) is 6.07 Å². The molecule has 2 aromatic heterocycles. The van der Waals surface area contributed by atoms with Crippen LogP contribution in [0.5, 0.6) is 0 Å². The van der Waals surface area contributed by atoms with E-state index in [1.165, 1.54) is 11.2 Å². The molecule has 2 saturated heterocycles. The first-order valence-corrected chi connectivity index (χ1v) is 8.71. The average Bonchev–Trinajstić information content (AvgIpc) is 3.25. The van der Waals surface area contributed by atoms with Crippen molar-refractivity contribution in [3.8, 4) is 0 Å². The first kappa shape index (κ1) is 18.4. The normalized spacial score (nSPS) is 33.9. The highest BCUT2D eigenvalue weighted by Gasteiger charge is 2.49. The second-order valence-electron chi connectivity index (χ2n) is 7.14. The molecule has 27 heavy (non-hydrogen) atoms. The molecule has 6 N–H and O–H groups in total. The lowest BCUT2D eigenvalue weighted by molar-refractivity contribution is -0.0485. The van der Waals surface area contributed by atoms with Crippen LogP contribution in [0.1, 0.15) is 12.6 Å². The first-order chi connectivity index (χ1) is 12.8. The number of ether oxygens (including phenoxy) is 1. The molecule has 4 rings (SSSR count). The molecule has 0 aromatic carbocycles. The summed E-state index contributed by atoms with van der Waals surface area (Å²) in [6.45, 7) is -0.316. The molecular weight excluding hydrogens is 362 g/mol. The number of halogens is 2. The number of aromatic nitrogens is 3. The number of likely N-dealkylation sites (tertiary alicyclic amines) is 1. The summed E-state index contributed by atoms with van der Waals surface area (Å²) in [7, 11) is 0. The third-order valence-corrected chi connectivity index (χ3v) is 5.32. The van der Waals surface area contributed by atoms with E-state index >= 15 is 0 Å². The van der Waals surface area contributed by atoms with Gasteiger partial charge >= 0.3 is 0 Å². The number of fused-ring (bicyclic) bond motifs is 1. The minimum absolute atomic E-state index is 0.0442. The zero-order valence-corrected chi connectivity index (χ0v) is 14.4. The second-order valence-corrected chi connectivity index (χ2v) is 7.14. The van der Waals surface area contributed by atoms with Crippen molar-refractivity contribution in [2.24, 2.45) is 5.73 Å². The van der Waals surface area contributed by atoms with Crippen molar-refractivity contribution in [1.82, 2.24) is 19.4 Å². The van der Waals surface area contributed by atoms with E-state index in [4.69, 9.17) is 16.2 Å². The van der Waals surface area contributed by atoms with Gasteiger partial charge in [-0.25, -0.2) is 18.7 Å². The quantitative estimate of drug-likeness (QED) is 0.543. The number of nitrogens with two attached hydrogens (primary N) is 2. The predicted octanol–water partition coefficient (Wildman–Crippen LogP) is -0.699. The Balaban J connectivity index is 1.55. The highest BCUT2D eigenvalue weighted by atomic mass is 19.3. The van der Waals surface area contributed by atoms with E-state index in [0.29, 0.717) is 11.0 Å². The largest absolute Gasteiger partial charge is 0.387 e. The van der Waals surface area contributed by atoms with Crippen molar-refractivity contribution in [3.63, 3.8) is 0 Å².